The molecule has 7 nitrogen and oxygen atoms in total. The summed E-state index contributed by atoms with van der Waals surface area (Å²) in [6.45, 7) is 11.2. The van der Waals surface area contributed by atoms with Gasteiger partial charge in [0, 0.05) is 45.7 Å². The summed E-state index contributed by atoms with van der Waals surface area (Å²) in [5, 5.41) is 10.7. The molecule has 3 N–H and O–H groups in total. The van der Waals surface area contributed by atoms with Crippen LogP contribution in [-0.2, 0) is 16.0 Å². The Kier molecular flexibility index (Phi) is 15.4. The number of aliphatic hydroxyl groups is 1. The zero-order valence-electron chi connectivity index (χ0n) is 21.4. The lowest BCUT2D eigenvalue weighted by atomic mass is 9.83. The van der Waals surface area contributed by atoms with Gasteiger partial charge in [0.2, 0.25) is 5.91 Å². The maximum Gasteiger partial charge on any atom is 0.219 e. The lowest BCUT2D eigenvalue weighted by molar-refractivity contribution is -0.132. The molecule has 0 aliphatic heterocycles. The van der Waals surface area contributed by atoms with E-state index >= 15 is 0 Å². The van der Waals surface area contributed by atoms with Crippen LogP contribution in [0.5, 0.6) is 11.5 Å². The average molecular weight is 489 g/mol. The molecule has 33 heavy (non-hydrogen) atoms. The second-order valence-corrected chi connectivity index (χ2v) is 9.12. The van der Waals surface area contributed by atoms with E-state index in [2.05, 4.69) is 19.9 Å². The van der Waals surface area contributed by atoms with Crippen molar-refractivity contribution in [3.63, 3.8) is 0 Å². The van der Waals surface area contributed by atoms with Crippen LogP contribution >= 0.6 is 12.4 Å². The first-order chi connectivity index (χ1) is 15.1. The van der Waals surface area contributed by atoms with E-state index in [-0.39, 0.29) is 36.8 Å². The highest BCUT2D eigenvalue weighted by atomic mass is 35.5. The minimum absolute atomic E-state index is 0. The first-order valence-corrected chi connectivity index (χ1v) is 11.6. The summed E-state index contributed by atoms with van der Waals surface area (Å²) in [6.07, 6.45) is 1.52. The summed E-state index contributed by atoms with van der Waals surface area (Å²) in [4.78, 5) is 13.5. The predicted molar refractivity (Wildman–Crippen MR) is 135 cm³/mol. The number of hydrogen-bond acceptors (Lipinski definition) is 6. The minimum atomic E-state index is -0.766. The molecule has 0 radical (unpaired) electrons. The smallest absolute Gasteiger partial charge is 0.219 e. The SMILES string of the molecule is COCCCOc1cc(CC(CC(N)C(O)CN(C(C)=O)C(C)C)C(C)C)ccc1OC.Cl. The molecule has 3 unspecified atom stereocenters. The second-order valence-electron chi connectivity index (χ2n) is 9.12. The molecule has 0 spiro atoms. The predicted octanol–water partition coefficient (Wildman–Crippen LogP) is 3.68. The number of nitrogens with two attached hydrogens (primary N) is 1. The molecular formula is C25H45ClN2O5. The second kappa shape index (κ2) is 16.1. The molecular weight excluding hydrogens is 444 g/mol. The molecule has 1 aromatic rings. The van der Waals surface area contributed by atoms with Crippen LogP contribution in [0.1, 0.15) is 53.0 Å². The molecule has 1 rings (SSSR count). The maximum absolute atomic E-state index is 11.9. The van der Waals surface area contributed by atoms with E-state index in [1.54, 1.807) is 19.1 Å². The molecule has 0 aromatic heterocycles. The highest BCUT2D eigenvalue weighted by Crippen LogP contribution is 2.31. The third-order valence-corrected chi connectivity index (χ3v) is 5.90. The summed E-state index contributed by atoms with van der Waals surface area (Å²) >= 11 is 0. The molecule has 0 bridgehead atoms. The van der Waals surface area contributed by atoms with Gasteiger partial charge in [0.15, 0.2) is 11.5 Å². The van der Waals surface area contributed by atoms with E-state index in [0.29, 0.717) is 31.3 Å². The molecule has 8 heteroatoms. The van der Waals surface area contributed by atoms with Gasteiger partial charge in [0.1, 0.15) is 0 Å². The minimum Gasteiger partial charge on any atom is -0.493 e. The van der Waals surface area contributed by atoms with Gasteiger partial charge in [-0.05, 0) is 56.2 Å². The standard InChI is InChI=1S/C25H44N2O5.ClH/c1-17(2)21(15-22(26)23(29)16-27(18(3)4)19(5)28)13-20-9-10-24(31-7)25(14-20)32-12-8-11-30-6;/h9-10,14,17-18,21-23,29H,8,11-13,15-16,26H2,1-7H3;1H. The molecule has 192 valence electrons. The number of carbonyl (C=O) groups is 1. The van der Waals surface area contributed by atoms with Crippen molar-refractivity contribution >= 4 is 18.3 Å². The fraction of sp³-hybridized carbons (Fsp3) is 0.720. The summed E-state index contributed by atoms with van der Waals surface area (Å²) < 4.78 is 16.4. The van der Waals surface area contributed by atoms with E-state index in [9.17, 15) is 9.90 Å². The number of halogens is 1. The van der Waals surface area contributed by atoms with Crippen molar-refractivity contribution in [3.05, 3.63) is 23.8 Å². The van der Waals surface area contributed by atoms with Gasteiger partial charge in [-0.2, -0.15) is 0 Å². The fourth-order valence-corrected chi connectivity index (χ4v) is 3.79. The van der Waals surface area contributed by atoms with Crippen molar-refractivity contribution in [1.82, 2.24) is 4.90 Å². The van der Waals surface area contributed by atoms with Crippen LogP contribution in [0.15, 0.2) is 18.2 Å². The van der Waals surface area contributed by atoms with Gasteiger partial charge >= 0.3 is 0 Å². The van der Waals surface area contributed by atoms with Crippen LogP contribution in [0, 0.1) is 11.8 Å². The molecule has 0 heterocycles. The number of rotatable bonds is 15. The van der Waals surface area contributed by atoms with Gasteiger partial charge in [-0.25, -0.2) is 0 Å². The maximum atomic E-state index is 11.9. The first-order valence-electron chi connectivity index (χ1n) is 11.6. The van der Waals surface area contributed by atoms with Gasteiger partial charge in [0.25, 0.3) is 0 Å². The van der Waals surface area contributed by atoms with Gasteiger partial charge in [-0.15, -0.1) is 12.4 Å². The van der Waals surface area contributed by atoms with Gasteiger partial charge in [-0.3, -0.25) is 4.79 Å². The zero-order chi connectivity index (χ0) is 24.3. The third-order valence-electron chi connectivity index (χ3n) is 5.90. The van der Waals surface area contributed by atoms with Crippen molar-refractivity contribution in [1.29, 1.82) is 0 Å². The Bertz CT molecular complexity index is 687. The lowest BCUT2D eigenvalue weighted by Crippen LogP contribution is -2.48. The first kappa shape index (κ1) is 31.5. The Morgan fingerprint density at radius 2 is 1.79 bits per heavy atom. The fourth-order valence-electron chi connectivity index (χ4n) is 3.79. The molecule has 0 aliphatic carbocycles. The largest absolute Gasteiger partial charge is 0.493 e. The molecule has 1 aromatic carbocycles. The normalized spacial score (nSPS) is 13.9. The monoisotopic (exact) mass is 488 g/mol. The van der Waals surface area contributed by atoms with Crippen LogP contribution in [0.3, 0.4) is 0 Å². The van der Waals surface area contributed by atoms with Crippen molar-refractivity contribution < 1.29 is 24.1 Å². The van der Waals surface area contributed by atoms with Crippen molar-refractivity contribution in [2.75, 3.05) is 34.0 Å². The quantitative estimate of drug-likeness (QED) is 0.366. The number of aliphatic hydroxyl groups excluding tert-OH is 1. The highest BCUT2D eigenvalue weighted by molar-refractivity contribution is 5.85. The van der Waals surface area contributed by atoms with Gasteiger partial charge in [0.05, 0.1) is 19.8 Å². The van der Waals surface area contributed by atoms with E-state index in [1.807, 2.05) is 26.0 Å². The van der Waals surface area contributed by atoms with Crippen molar-refractivity contribution in [3.8, 4) is 11.5 Å². The molecule has 0 saturated carbocycles. The average Bonchev–Trinajstić information content (AvgIpc) is 2.73. The number of methoxy groups -OCH3 is 2. The Labute approximate surface area is 206 Å². The van der Waals surface area contributed by atoms with Crippen LogP contribution < -0.4 is 15.2 Å². The Morgan fingerprint density at radius 3 is 2.30 bits per heavy atom. The van der Waals surface area contributed by atoms with E-state index in [1.165, 1.54) is 6.92 Å². The summed E-state index contributed by atoms with van der Waals surface area (Å²) in [6, 6.07) is 5.62. The number of hydrogen-bond donors (Lipinski definition) is 2. The number of nitrogens with zero attached hydrogens (tertiary/aromatic N) is 1. The molecule has 0 saturated heterocycles. The van der Waals surface area contributed by atoms with Crippen molar-refractivity contribution in [2.24, 2.45) is 17.6 Å². The van der Waals surface area contributed by atoms with Crippen LogP contribution in [0.25, 0.3) is 0 Å². The summed E-state index contributed by atoms with van der Waals surface area (Å²) in [5.74, 6) is 2.04. The Hall–Kier alpha value is -1.54. The van der Waals surface area contributed by atoms with E-state index in [4.69, 9.17) is 19.9 Å². The van der Waals surface area contributed by atoms with Gasteiger partial charge in [-0.1, -0.05) is 19.9 Å². The number of ether oxygens (including phenoxy) is 3. The molecule has 1 amide bonds. The molecule has 3 atom stereocenters. The third kappa shape index (κ3) is 11.0. The zero-order valence-corrected chi connectivity index (χ0v) is 22.2. The van der Waals surface area contributed by atoms with Crippen LogP contribution in [-0.4, -0.2) is 68.1 Å². The number of carbonyl (C=O) groups excluding carboxylic acids is 1. The Morgan fingerprint density at radius 1 is 1.12 bits per heavy atom. The topological polar surface area (TPSA) is 94.3 Å². The van der Waals surface area contributed by atoms with E-state index < -0.39 is 12.1 Å². The van der Waals surface area contributed by atoms with E-state index in [0.717, 1.165) is 24.2 Å². The molecule has 0 fully saturated rings. The van der Waals surface area contributed by atoms with Crippen LogP contribution in [0.2, 0.25) is 0 Å². The van der Waals surface area contributed by atoms with Crippen molar-refractivity contribution in [2.45, 2.75) is 72.1 Å². The van der Waals surface area contributed by atoms with Crippen LogP contribution in [0.4, 0.5) is 0 Å². The van der Waals surface area contributed by atoms with Gasteiger partial charge < -0.3 is 30.0 Å². The number of benzene rings is 1. The molecule has 0 aliphatic rings. The highest BCUT2D eigenvalue weighted by Gasteiger charge is 2.26. The Balaban J connectivity index is 0.0000102. The summed E-state index contributed by atoms with van der Waals surface area (Å²) in [7, 11) is 3.31. The lowest BCUT2D eigenvalue weighted by Gasteiger charge is -2.32. The number of amides is 1. The summed E-state index contributed by atoms with van der Waals surface area (Å²) in [5.41, 5.74) is 7.52.